The van der Waals surface area contributed by atoms with E-state index in [9.17, 15) is 4.79 Å². The van der Waals surface area contributed by atoms with Crippen molar-refractivity contribution in [1.82, 2.24) is 24.5 Å². The number of hydrogen-bond acceptors (Lipinski definition) is 4. The van der Waals surface area contributed by atoms with Crippen LogP contribution in [0.4, 0.5) is 0 Å². The molecule has 5 aromatic rings. The van der Waals surface area contributed by atoms with Gasteiger partial charge in [0.1, 0.15) is 11.6 Å². The lowest BCUT2D eigenvalue weighted by Crippen LogP contribution is -2.23. The summed E-state index contributed by atoms with van der Waals surface area (Å²) in [5.41, 5.74) is 3.39. The predicted molar refractivity (Wildman–Crippen MR) is 113 cm³/mol. The van der Waals surface area contributed by atoms with Crippen molar-refractivity contribution in [2.75, 3.05) is 0 Å². The number of aromatic nitrogens is 5. The zero-order valence-electron chi connectivity index (χ0n) is 15.1. The van der Waals surface area contributed by atoms with E-state index in [-0.39, 0.29) is 11.1 Å². The van der Waals surface area contributed by atoms with Gasteiger partial charge in [0.15, 0.2) is 5.52 Å². The Balaban J connectivity index is 1.75. The first-order valence-corrected chi connectivity index (χ1v) is 9.32. The van der Waals surface area contributed by atoms with Crippen LogP contribution in [0.2, 0.25) is 5.02 Å². The number of benzene rings is 1. The van der Waals surface area contributed by atoms with Crippen LogP contribution in [-0.4, -0.2) is 24.5 Å². The molecule has 0 fully saturated rings. The molecular weight excluding hydrogens is 386 g/mol. The van der Waals surface area contributed by atoms with E-state index in [2.05, 4.69) is 15.0 Å². The van der Waals surface area contributed by atoms with Gasteiger partial charge in [0, 0.05) is 29.8 Å². The molecule has 140 valence electrons. The lowest BCUT2D eigenvalue weighted by Gasteiger charge is -2.13. The Morgan fingerprint density at radius 3 is 2.45 bits per heavy atom. The van der Waals surface area contributed by atoms with Crippen LogP contribution in [0.15, 0.2) is 84.0 Å². The van der Waals surface area contributed by atoms with Crippen LogP contribution in [0.25, 0.3) is 39.5 Å². The molecule has 0 spiro atoms. The second-order valence-electron chi connectivity index (χ2n) is 6.44. The lowest BCUT2D eigenvalue weighted by molar-refractivity contribution is 0.926. The molecule has 6 nitrogen and oxygen atoms in total. The third kappa shape index (κ3) is 3.09. The summed E-state index contributed by atoms with van der Waals surface area (Å²) >= 11 is 5.98. The van der Waals surface area contributed by atoms with E-state index in [0.29, 0.717) is 22.2 Å². The Bertz CT molecular complexity index is 1360. The van der Waals surface area contributed by atoms with Gasteiger partial charge in [-0.3, -0.25) is 4.79 Å². The van der Waals surface area contributed by atoms with Crippen molar-refractivity contribution in [3.05, 3.63) is 94.6 Å². The number of H-pyrrole nitrogens is 1. The quantitative estimate of drug-likeness (QED) is 0.485. The minimum Gasteiger partial charge on any atom is -0.361 e. The number of hydrogen-bond donors (Lipinski definition) is 1. The van der Waals surface area contributed by atoms with Gasteiger partial charge in [-0.15, -0.1) is 0 Å². The molecule has 1 N–H and O–H groups in total. The van der Waals surface area contributed by atoms with Crippen molar-refractivity contribution in [2.24, 2.45) is 0 Å². The van der Waals surface area contributed by atoms with E-state index in [1.165, 1.54) is 10.8 Å². The maximum atomic E-state index is 13.2. The van der Waals surface area contributed by atoms with E-state index in [1.807, 2.05) is 42.6 Å². The van der Waals surface area contributed by atoms with Crippen molar-refractivity contribution >= 4 is 22.6 Å². The van der Waals surface area contributed by atoms with E-state index in [1.54, 1.807) is 30.5 Å². The maximum absolute atomic E-state index is 13.2. The van der Waals surface area contributed by atoms with Crippen LogP contribution < -0.4 is 5.56 Å². The average Bonchev–Trinajstić information content (AvgIpc) is 3.30. The molecule has 0 amide bonds. The summed E-state index contributed by atoms with van der Waals surface area (Å²) in [6.07, 6.45) is 4.96. The Labute approximate surface area is 170 Å². The van der Waals surface area contributed by atoms with Crippen LogP contribution in [0.1, 0.15) is 0 Å². The van der Waals surface area contributed by atoms with Crippen LogP contribution in [-0.2, 0) is 0 Å². The molecule has 29 heavy (non-hydrogen) atoms. The Morgan fingerprint density at radius 1 is 0.897 bits per heavy atom. The number of rotatable bonds is 3. The average molecular weight is 400 g/mol. The maximum Gasteiger partial charge on any atom is 0.286 e. The molecule has 5 rings (SSSR count). The van der Waals surface area contributed by atoms with Crippen LogP contribution >= 0.6 is 11.6 Å². The first-order valence-electron chi connectivity index (χ1n) is 8.94. The highest BCUT2D eigenvalue weighted by atomic mass is 35.5. The van der Waals surface area contributed by atoms with Gasteiger partial charge in [-0.05, 0) is 42.0 Å². The fourth-order valence-electron chi connectivity index (χ4n) is 3.23. The molecular formula is C22H14ClN5O. The van der Waals surface area contributed by atoms with Gasteiger partial charge in [0.05, 0.1) is 10.5 Å². The highest BCUT2D eigenvalue weighted by molar-refractivity contribution is 6.30. The van der Waals surface area contributed by atoms with Gasteiger partial charge in [-0.1, -0.05) is 35.9 Å². The van der Waals surface area contributed by atoms with Gasteiger partial charge < -0.3 is 4.98 Å². The van der Waals surface area contributed by atoms with Crippen LogP contribution in [0, 0.1) is 0 Å². The highest BCUT2D eigenvalue weighted by Gasteiger charge is 2.16. The van der Waals surface area contributed by atoms with Gasteiger partial charge in [0.2, 0.25) is 0 Å². The summed E-state index contributed by atoms with van der Waals surface area (Å²) in [7, 11) is 0. The van der Waals surface area contributed by atoms with Crippen molar-refractivity contribution in [1.29, 1.82) is 0 Å². The number of fused-ring (bicyclic) bond motifs is 1. The third-order valence-electron chi connectivity index (χ3n) is 4.62. The van der Waals surface area contributed by atoms with Gasteiger partial charge in [-0.2, -0.15) is 0 Å². The number of halogens is 1. The van der Waals surface area contributed by atoms with Crippen LogP contribution in [0.3, 0.4) is 0 Å². The zero-order valence-corrected chi connectivity index (χ0v) is 15.8. The molecule has 0 aliphatic rings. The fourth-order valence-corrected chi connectivity index (χ4v) is 3.35. The monoisotopic (exact) mass is 399 g/mol. The molecule has 1 aromatic carbocycles. The van der Waals surface area contributed by atoms with Gasteiger partial charge in [-0.25, -0.2) is 19.5 Å². The minimum atomic E-state index is -0.283. The first-order chi connectivity index (χ1) is 14.2. The van der Waals surface area contributed by atoms with Crippen molar-refractivity contribution in [3.8, 4) is 28.5 Å². The molecule has 0 radical (unpaired) electrons. The van der Waals surface area contributed by atoms with E-state index in [4.69, 9.17) is 16.6 Å². The van der Waals surface area contributed by atoms with Crippen LogP contribution in [0.5, 0.6) is 0 Å². The summed E-state index contributed by atoms with van der Waals surface area (Å²) in [5, 5.41) is 0.491. The summed E-state index contributed by atoms with van der Waals surface area (Å²) in [6, 6.07) is 18.7. The second-order valence-corrected chi connectivity index (χ2v) is 6.88. The van der Waals surface area contributed by atoms with Crippen molar-refractivity contribution < 1.29 is 0 Å². The highest BCUT2D eigenvalue weighted by Crippen LogP contribution is 2.25. The molecule has 4 heterocycles. The Kier molecular flexibility index (Phi) is 4.18. The number of nitrogens with one attached hydrogen (secondary N) is 1. The number of nitrogens with zero attached hydrogens (tertiary/aromatic N) is 4. The SMILES string of the molecule is O=c1c2ncccc2nc(-c2ccc(-c3ccc[nH]3)cc2)n1-c1ccc(Cl)cn1. The number of pyridine rings is 2. The van der Waals surface area contributed by atoms with E-state index >= 15 is 0 Å². The topological polar surface area (TPSA) is 76.5 Å². The van der Waals surface area contributed by atoms with Gasteiger partial charge in [0.25, 0.3) is 5.56 Å². The minimum absolute atomic E-state index is 0.283. The number of aromatic amines is 1. The van der Waals surface area contributed by atoms with Gasteiger partial charge >= 0.3 is 0 Å². The normalized spacial score (nSPS) is 11.1. The summed E-state index contributed by atoms with van der Waals surface area (Å²) in [4.78, 5) is 29.7. The first kappa shape index (κ1) is 17.3. The summed E-state index contributed by atoms with van der Waals surface area (Å²) in [6.45, 7) is 0. The van der Waals surface area contributed by atoms with Crippen molar-refractivity contribution in [2.45, 2.75) is 0 Å². The largest absolute Gasteiger partial charge is 0.361 e. The molecule has 0 saturated heterocycles. The smallest absolute Gasteiger partial charge is 0.286 e. The molecule has 4 aromatic heterocycles. The summed E-state index contributed by atoms with van der Waals surface area (Å²) in [5.74, 6) is 0.922. The molecule has 0 unspecified atom stereocenters. The molecule has 0 aliphatic carbocycles. The predicted octanol–water partition coefficient (Wildman–Crippen LogP) is 4.49. The standard InChI is InChI=1S/C22H14ClN5O/c23-16-9-10-19(26-13-16)28-21(27-18-4-2-12-25-20(18)22(28)29)15-7-5-14(6-8-15)17-3-1-11-24-17/h1-13,24H. The lowest BCUT2D eigenvalue weighted by atomic mass is 10.1. The summed E-state index contributed by atoms with van der Waals surface area (Å²) < 4.78 is 1.47. The van der Waals surface area contributed by atoms with E-state index in [0.717, 1.165) is 16.8 Å². The second kappa shape index (κ2) is 7.00. The fraction of sp³-hybridized carbons (Fsp3) is 0. The molecule has 0 bridgehead atoms. The molecule has 0 saturated carbocycles. The molecule has 0 atom stereocenters. The molecule has 0 aliphatic heterocycles. The van der Waals surface area contributed by atoms with Crippen molar-refractivity contribution in [3.63, 3.8) is 0 Å². The van der Waals surface area contributed by atoms with E-state index < -0.39 is 0 Å². The third-order valence-corrected chi connectivity index (χ3v) is 4.85. The zero-order chi connectivity index (χ0) is 19.8. The Morgan fingerprint density at radius 2 is 1.72 bits per heavy atom. The molecule has 7 heteroatoms. The Hall–Kier alpha value is -3.77.